The van der Waals surface area contributed by atoms with Gasteiger partial charge in [0.05, 0.1) is 26.9 Å². The van der Waals surface area contributed by atoms with Crippen molar-refractivity contribution in [3.05, 3.63) is 280 Å². The van der Waals surface area contributed by atoms with E-state index in [0.29, 0.717) is 0 Å². The van der Waals surface area contributed by atoms with Crippen molar-refractivity contribution in [2.45, 2.75) is 63.2 Å². The summed E-state index contributed by atoms with van der Waals surface area (Å²) in [5.41, 5.74) is 26.4. The van der Waals surface area contributed by atoms with Crippen LogP contribution < -0.4 is 4.90 Å². The zero-order chi connectivity index (χ0) is 51.0. The zero-order valence-corrected chi connectivity index (χ0v) is 44.5. The Labute approximate surface area is 449 Å². The molecule has 0 atom stereocenters. The summed E-state index contributed by atoms with van der Waals surface area (Å²) in [6, 6.07) is 87.0. The SMILES string of the molecule is CC(C)(C)c1ccc2c(c1)C1(c3ccccc3-c3ccc(N(c4cccc5c4-c4ccccc4C54c5ccccc5-c5ccccc54)c4cccc5c4sc4ccc6ccccc6c45)cc31)c1cc(C(C)(C)C)ccc1-2. The fourth-order valence-electron chi connectivity index (χ4n) is 14.7. The van der Waals surface area contributed by atoms with E-state index in [0.717, 1.165) is 5.69 Å². The molecule has 12 aromatic rings. The van der Waals surface area contributed by atoms with Crippen molar-refractivity contribution in [2.24, 2.45) is 0 Å². The summed E-state index contributed by atoms with van der Waals surface area (Å²) in [7, 11) is 0. The second kappa shape index (κ2) is 15.2. The van der Waals surface area contributed by atoms with Gasteiger partial charge < -0.3 is 4.90 Å². The Hall–Kier alpha value is -8.30. The smallest absolute Gasteiger partial charge is 0.0726 e. The third kappa shape index (κ3) is 5.55. The van der Waals surface area contributed by atoms with Gasteiger partial charge in [-0.05, 0) is 147 Å². The molecule has 1 nitrogen and oxygen atoms in total. The maximum absolute atomic E-state index is 2.66. The minimum Gasteiger partial charge on any atom is -0.308 e. The minimum absolute atomic E-state index is 0.0445. The number of hydrogen-bond donors (Lipinski definition) is 0. The molecule has 1 aromatic heterocycles. The van der Waals surface area contributed by atoms with E-state index in [9.17, 15) is 0 Å². The molecule has 11 aromatic carbocycles. The van der Waals surface area contributed by atoms with Crippen molar-refractivity contribution >= 4 is 59.3 Å². The fraction of sp³-hybridized carbons (Fsp3) is 0.135. The molecular weight excluding hydrogens is 935 g/mol. The number of nitrogens with zero attached hydrogens (tertiary/aromatic N) is 1. The van der Waals surface area contributed by atoms with Crippen molar-refractivity contribution in [1.82, 2.24) is 0 Å². The summed E-state index contributed by atoms with van der Waals surface area (Å²) in [5, 5.41) is 5.18. The molecule has 2 spiro atoms. The maximum atomic E-state index is 2.66. The van der Waals surface area contributed by atoms with Crippen LogP contribution in [0.4, 0.5) is 17.1 Å². The highest BCUT2D eigenvalue weighted by Gasteiger charge is 2.54. The second-order valence-electron chi connectivity index (χ2n) is 23.9. The molecule has 0 fully saturated rings. The molecule has 362 valence electrons. The van der Waals surface area contributed by atoms with Gasteiger partial charge in [-0.1, -0.05) is 236 Å². The summed E-state index contributed by atoms with van der Waals surface area (Å²) in [6.07, 6.45) is 0. The molecule has 76 heavy (non-hydrogen) atoms. The van der Waals surface area contributed by atoms with Crippen LogP contribution in [0.15, 0.2) is 224 Å². The first-order valence-electron chi connectivity index (χ1n) is 27.1. The molecule has 4 aliphatic rings. The van der Waals surface area contributed by atoms with E-state index in [1.807, 2.05) is 11.3 Å². The van der Waals surface area contributed by atoms with E-state index in [1.54, 1.807) is 0 Å². The average Bonchev–Trinajstić information content (AvgIpc) is 4.24. The molecule has 0 radical (unpaired) electrons. The van der Waals surface area contributed by atoms with Gasteiger partial charge in [0.15, 0.2) is 0 Å². The molecular formula is C74H55NS. The molecule has 4 aliphatic carbocycles. The van der Waals surface area contributed by atoms with Crippen molar-refractivity contribution in [1.29, 1.82) is 0 Å². The van der Waals surface area contributed by atoms with E-state index in [1.165, 1.54) is 142 Å². The first-order valence-corrected chi connectivity index (χ1v) is 27.9. The summed E-state index contributed by atoms with van der Waals surface area (Å²) in [5.74, 6) is 0. The quantitative estimate of drug-likeness (QED) is 0.171. The van der Waals surface area contributed by atoms with Gasteiger partial charge in [0.1, 0.15) is 0 Å². The van der Waals surface area contributed by atoms with Crippen LogP contribution in [0.3, 0.4) is 0 Å². The van der Waals surface area contributed by atoms with E-state index >= 15 is 0 Å². The predicted octanol–water partition coefficient (Wildman–Crippen LogP) is 20.0. The van der Waals surface area contributed by atoms with Crippen molar-refractivity contribution in [3.8, 4) is 44.5 Å². The van der Waals surface area contributed by atoms with Crippen LogP contribution in [-0.4, -0.2) is 0 Å². The Bertz CT molecular complexity index is 4400. The Morgan fingerprint density at radius 1 is 0.342 bits per heavy atom. The molecule has 0 N–H and O–H groups in total. The molecule has 2 heteroatoms. The Kier molecular flexibility index (Phi) is 8.80. The summed E-state index contributed by atoms with van der Waals surface area (Å²) < 4.78 is 2.58. The number of anilines is 3. The van der Waals surface area contributed by atoms with Crippen LogP contribution >= 0.6 is 11.3 Å². The van der Waals surface area contributed by atoms with E-state index in [4.69, 9.17) is 0 Å². The highest BCUT2D eigenvalue weighted by molar-refractivity contribution is 7.26. The fourth-order valence-corrected chi connectivity index (χ4v) is 15.9. The van der Waals surface area contributed by atoms with Gasteiger partial charge in [-0.25, -0.2) is 0 Å². The molecule has 0 unspecified atom stereocenters. The maximum Gasteiger partial charge on any atom is 0.0726 e. The van der Waals surface area contributed by atoms with Crippen LogP contribution in [0, 0.1) is 0 Å². The van der Waals surface area contributed by atoms with E-state index in [-0.39, 0.29) is 10.8 Å². The summed E-state index contributed by atoms with van der Waals surface area (Å²) >= 11 is 1.92. The number of benzene rings is 11. The lowest BCUT2D eigenvalue weighted by molar-refractivity contribution is 0.586. The number of fused-ring (bicyclic) bond motifs is 25. The number of thiophene rings is 1. The molecule has 16 rings (SSSR count). The van der Waals surface area contributed by atoms with E-state index in [2.05, 4.69) is 271 Å². The Morgan fingerprint density at radius 2 is 0.789 bits per heavy atom. The van der Waals surface area contributed by atoms with Crippen molar-refractivity contribution in [3.63, 3.8) is 0 Å². The van der Waals surface area contributed by atoms with Gasteiger partial charge in [-0.2, -0.15) is 0 Å². The van der Waals surface area contributed by atoms with Gasteiger partial charge in [-0.3, -0.25) is 0 Å². The third-order valence-corrected chi connectivity index (χ3v) is 19.2. The van der Waals surface area contributed by atoms with Crippen LogP contribution in [0.5, 0.6) is 0 Å². The lowest BCUT2D eigenvalue weighted by Gasteiger charge is -2.34. The monoisotopic (exact) mass is 989 g/mol. The Balaban J connectivity index is 1.03. The minimum atomic E-state index is -0.560. The van der Waals surface area contributed by atoms with Crippen LogP contribution in [-0.2, 0) is 21.7 Å². The normalized spacial score (nSPS) is 14.7. The predicted molar refractivity (Wildman–Crippen MR) is 322 cm³/mol. The lowest BCUT2D eigenvalue weighted by Crippen LogP contribution is -2.27. The van der Waals surface area contributed by atoms with Crippen molar-refractivity contribution < 1.29 is 0 Å². The molecule has 0 aliphatic heterocycles. The highest BCUT2D eigenvalue weighted by atomic mass is 32.1. The first kappa shape index (κ1) is 44.0. The topological polar surface area (TPSA) is 3.24 Å². The second-order valence-corrected chi connectivity index (χ2v) is 24.9. The highest BCUT2D eigenvalue weighted by Crippen LogP contribution is 2.67. The summed E-state index contributed by atoms with van der Waals surface area (Å²) in [6.45, 7) is 14.1. The van der Waals surface area contributed by atoms with Gasteiger partial charge in [-0.15, -0.1) is 11.3 Å². The molecule has 0 saturated carbocycles. The van der Waals surface area contributed by atoms with Gasteiger partial charge in [0.2, 0.25) is 0 Å². The molecule has 1 heterocycles. The third-order valence-electron chi connectivity index (χ3n) is 18.0. The Morgan fingerprint density at radius 3 is 1.39 bits per heavy atom. The standard InChI is InChI=1S/C74H55NS/c1-71(2,3)45-34-37-52-53-38-35-46(72(4,5)6)42-63(53)74(62(52)41-45)59-28-15-11-23-51(59)54-39-36-47(43-64(54)74)75(66-32-17-25-56-68-48-20-8-7-19-44(48)33-40-67(68)76-70(56)66)65-31-18-30-61-69(65)55-24-12-16-29-60(55)73(61)57-26-13-9-21-49(57)50-22-10-14-27-58(50)73/h7-43H,1-6H3. The summed E-state index contributed by atoms with van der Waals surface area (Å²) in [4.78, 5) is 2.66. The molecule has 0 saturated heterocycles. The first-order chi connectivity index (χ1) is 37.0. The molecule has 0 bridgehead atoms. The lowest BCUT2D eigenvalue weighted by atomic mass is 9.68. The van der Waals surface area contributed by atoms with Crippen molar-refractivity contribution in [2.75, 3.05) is 4.90 Å². The van der Waals surface area contributed by atoms with Gasteiger partial charge in [0.25, 0.3) is 0 Å². The number of hydrogen-bond acceptors (Lipinski definition) is 2. The van der Waals surface area contributed by atoms with Gasteiger partial charge >= 0.3 is 0 Å². The van der Waals surface area contributed by atoms with Crippen LogP contribution in [0.1, 0.15) is 97.2 Å². The van der Waals surface area contributed by atoms with Gasteiger partial charge in [0, 0.05) is 26.7 Å². The van der Waals surface area contributed by atoms with Crippen LogP contribution in [0.2, 0.25) is 0 Å². The zero-order valence-electron chi connectivity index (χ0n) is 43.7. The largest absolute Gasteiger partial charge is 0.308 e. The van der Waals surface area contributed by atoms with E-state index < -0.39 is 10.8 Å². The average molecular weight is 990 g/mol. The number of rotatable bonds is 3. The van der Waals surface area contributed by atoms with Crippen LogP contribution in [0.25, 0.3) is 75.5 Å². The molecule has 0 amide bonds.